The molecule has 0 bridgehead atoms. The molecule has 2 N–H and O–H groups in total. The van der Waals surface area contributed by atoms with Crippen LogP contribution in [0.5, 0.6) is 5.75 Å². The molecule has 0 spiro atoms. The third-order valence-corrected chi connectivity index (χ3v) is 2.89. The van der Waals surface area contributed by atoms with Gasteiger partial charge in [-0.15, -0.1) is 0 Å². The minimum Gasteiger partial charge on any atom is -0.508 e. The molecule has 1 heterocycles. The zero-order chi connectivity index (χ0) is 9.97. The van der Waals surface area contributed by atoms with E-state index in [0.29, 0.717) is 17.8 Å². The van der Waals surface area contributed by atoms with Crippen molar-refractivity contribution in [3.63, 3.8) is 0 Å². The molecule has 0 radical (unpaired) electrons. The molecule has 1 aliphatic heterocycles. The summed E-state index contributed by atoms with van der Waals surface area (Å²) in [5, 5.41) is 12.9. The first kappa shape index (κ1) is 9.53. The van der Waals surface area contributed by atoms with Crippen molar-refractivity contribution >= 4 is 0 Å². The first-order chi connectivity index (χ1) is 6.75. The molecule has 0 aromatic heterocycles. The highest BCUT2D eigenvalue weighted by Crippen LogP contribution is 2.27. The van der Waals surface area contributed by atoms with Gasteiger partial charge in [-0.3, -0.25) is 0 Å². The Balaban J connectivity index is 2.14. The predicted molar refractivity (Wildman–Crippen MR) is 57.3 cm³/mol. The number of hydrogen-bond donors (Lipinski definition) is 2. The number of aromatic hydroxyl groups is 1. The van der Waals surface area contributed by atoms with Crippen LogP contribution < -0.4 is 5.32 Å². The van der Waals surface area contributed by atoms with Crippen molar-refractivity contribution in [2.24, 2.45) is 0 Å². The molecule has 2 unspecified atom stereocenters. The van der Waals surface area contributed by atoms with Crippen LogP contribution in [-0.2, 0) is 0 Å². The smallest absolute Gasteiger partial charge is 0.115 e. The summed E-state index contributed by atoms with van der Waals surface area (Å²) < 4.78 is 0. The summed E-state index contributed by atoms with van der Waals surface area (Å²) in [4.78, 5) is 0. The summed E-state index contributed by atoms with van der Waals surface area (Å²) in [6.45, 7) is 2.22. The molecular formula is C12H17NO. The standard InChI is InChI=1S/C12H17NO/c1-9-4-2-7-12(13-9)10-5-3-6-11(14)8-10/h3,5-6,8-9,12-14H,2,4,7H2,1H3. The molecule has 2 heteroatoms. The molecule has 1 fully saturated rings. The SMILES string of the molecule is CC1CCCC(c2cccc(O)c2)N1. The molecule has 14 heavy (non-hydrogen) atoms. The van der Waals surface area contributed by atoms with Crippen LogP contribution in [-0.4, -0.2) is 11.1 Å². The zero-order valence-electron chi connectivity index (χ0n) is 8.53. The van der Waals surface area contributed by atoms with Crippen LogP contribution in [0.4, 0.5) is 0 Å². The van der Waals surface area contributed by atoms with Crippen molar-refractivity contribution in [3.8, 4) is 5.75 Å². The average molecular weight is 191 g/mol. The number of phenols is 1. The highest BCUT2D eigenvalue weighted by Gasteiger charge is 2.18. The van der Waals surface area contributed by atoms with Gasteiger partial charge in [0.2, 0.25) is 0 Å². The van der Waals surface area contributed by atoms with Crippen molar-refractivity contribution in [1.29, 1.82) is 0 Å². The Morgan fingerprint density at radius 1 is 1.36 bits per heavy atom. The molecule has 0 amide bonds. The summed E-state index contributed by atoms with van der Waals surface area (Å²) >= 11 is 0. The Hall–Kier alpha value is -1.02. The number of piperidine rings is 1. The maximum absolute atomic E-state index is 9.38. The van der Waals surface area contributed by atoms with Gasteiger partial charge >= 0.3 is 0 Å². The minimum atomic E-state index is 0.363. The topological polar surface area (TPSA) is 32.3 Å². The largest absolute Gasteiger partial charge is 0.508 e. The summed E-state index contributed by atoms with van der Waals surface area (Å²) in [6, 6.07) is 8.58. The van der Waals surface area contributed by atoms with Crippen LogP contribution in [0.15, 0.2) is 24.3 Å². The fraction of sp³-hybridized carbons (Fsp3) is 0.500. The predicted octanol–water partition coefficient (Wildman–Crippen LogP) is 2.60. The molecule has 2 nitrogen and oxygen atoms in total. The highest BCUT2D eigenvalue weighted by atomic mass is 16.3. The Morgan fingerprint density at radius 3 is 2.93 bits per heavy atom. The van der Waals surface area contributed by atoms with E-state index in [4.69, 9.17) is 0 Å². The summed E-state index contributed by atoms with van der Waals surface area (Å²) in [7, 11) is 0. The third kappa shape index (κ3) is 2.07. The van der Waals surface area contributed by atoms with Crippen LogP contribution in [0.1, 0.15) is 37.8 Å². The van der Waals surface area contributed by atoms with Crippen LogP contribution in [0.25, 0.3) is 0 Å². The van der Waals surface area contributed by atoms with Gasteiger partial charge in [-0.05, 0) is 37.5 Å². The lowest BCUT2D eigenvalue weighted by Gasteiger charge is -2.29. The number of nitrogens with one attached hydrogen (secondary N) is 1. The zero-order valence-corrected chi connectivity index (χ0v) is 8.53. The number of rotatable bonds is 1. The van der Waals surface area contributed by atoms with E-state index in [0.717, 1.165) is 0 Å². The van der Waals surface area contributed by atoms with E-state index >= 15 is 0 Å². The second-order valence-corrected chi connectivity index (χ2v) is 4.15. The van der Waals surface area contributed by atoms with Gasteiger partial charge in [0.1, 0.15) is 5.75 Å². The highest BCUT2D eigenvalue weighted by molar-refractivity contribution is 5.29. The third-order valence-electron chi connectivity index (χ3n) is 2.89. The van der Waals surface area contributed by atoms with Crippen molar-refractivity contribution in [2.45, 2.75) is 38.3 Å². The van der Waals surface area contributed by atoms with Crippen LogP contribution in [0, 0.1) is 0 Å². The first-order valence-electron chi connectivity index (χ1n) is 5.30. The maximum atomic E-state index is 9.38. The van der Waals surface area contributed by atoms with E-state index < -0.39 is 0 Å². The molecule has 1 aromatic carbocycles. The van der Waals surface area contributed by atoms with Gasteiger partial charge in [0.15, 0.2) is 0 Å². The molecule has 1 aromatic rings. The molecule has 2 rings (SSSR count). The quantitative estimate of drug-likeness (QED) is 0.715. The second kappa shape index (κ2) is 4.01. The summed E-state index contributed by atoms with van der Waals surface area (Å²) in [5.41, 5.74) is 1.21. The van der Waals surface area contributed by atoms with Crippen molar-refractivity contribution in [2.75, 3.05) is 0 Å². The fourth-order valence-electron chi connectivity index (χ4n) is 2.14. The second-order valence-electron chi connectivity index (χ2n) is 4.15. The van der Waals surface area contributed by atoms with Crippen LogP contribution in [0.2, 0.25) is 0 Å². The lowest BCUT2D eigenvalue weighted by Crippen LogP contribution is -2.34. The van der Waals surface area contributed by atoms with Crippen LogP contribution in [0.3, 0.4) is 0 Å². The maximum Gasteiger partial charge on any atom is 0.115 e. The average Bonchev–Trinajstić information content (AvgIpc) is 2.18. The summed E-state index contributed by atoms with van der Waals surface area (Å²) in [5.74, 6) is 0.363. The number of phenolic OH excluding ortho intramolecular Hbond substituents is 1. The monoisotopic (exact) mass is 191 g/mol. The number of hydrogen-bond acceptors (Lipinski definition) is 2. The molecule has 2 atom stereocenters. The summed E-state index contributed by atoms with van der Waals surface area (Å²) in [6.07, 6.45) is 3.71. The minimum absolute atomic E-state index is 0.363. The fourth-order valence-corrected chi connectivity index (χ4v) is 2.14. The molecule has 0 aliphatic carbocycles. The van der Waals surface area contributed by atoms with Gasteiger partial charge in [0, 0.05) is 12.1 Å². The first-order valence-corrected chi connectivity index (χ1v) is 5.30. The van der Waals surface area contributed by atoms with E-state index in [-0.39, 0.29) is 0 Å². The Labute approximate surface area is 85.0 Å². The van der Waals surface area contributed by atoms with Gasteiger partial charge < -0.3 is 10.4 Å². The van der Waals surface area contributed by atoms with Crippen molar-refractivity contribution in [3.05, 3.63) is 29.8 Å². The van der Waals surface area contributed by atoms with E-state index in [1.54, 1.807) is 6.07 Å². The van der Waals surface area contributed by atoms with Gasteiger partial charge in [-0.2, -0.15) is 0 Å². The van der Waals surface area contributed by atoms with E-state index in [9.17, 15) is 5.11 Å². The van der Waals surface area contributed by atoms with Gasteiger partial charge in [-0.1, -0.05) is 18.6 Å². The Morgan fingerprint density at radius 2 is 2.21 bits per heavy atom. The Kier molecular flexibility index (Phi) is 2.73. The van der Waals surface area contributed by atoms with Crippen molar-refractivity contribution < 1.29 is 5.11 Å². The van der Waals surface area contributed by atoms with Crippen LogP contribution >= 0.6 is 0 Å². The molecule has 76 valence electrons. The van der Waals surface area contributed by atoms with E-state index in [1.165, 1.54) is 24.8 Å². The molecule has 1 saturated heterocycles. The van der Waals surface area contributed by atoms with Gasteiger partial charge in [0.25, 0.3) is 0 Å². The normalized spacial score (nSPS) is 27.5. The van der Waals surface area contributed by atoms with Gasteiger partial charge in [-0.25, -0.2) is 0 Å². The molecular weight excluding hydrogens is 174 g/mol. The Bertz CT molecular complexity index is 311. The van der Waals surface area contributed by atoms with E-state index in [2.05, 4.69) is 18.3 Å². The lowest BCUT2D eigenvalue weighted by atomic mass is 9.94. The van der Waals surface area contributed by atoms with E-state index in [1.807, 2.05) is 12.1 Å². The molecule has 0 saturated carbocycles. The number of benzene rings is 1. The van der Waals surface area contributed by atoms with Gasteiger partial charge in [0.05, 0.1) is 0 Å². The van der Waals surface area contributed by atoms with Crippen molar-refractivity contribution in [1.82, 2.24) is 5.32 Å². The lowest BCUT2D eigenvalue weighted by molar-refractivity contribution is 0.340. The molecule has 1 aliphatic rings.